The van der Waals surface area contributed by atoms with Gasteiger partial charge < -0.3 is 15.5 Å². The number of hydrogen-bond acceptors (Lipinski definition) is 4. The van der Waals surface area contributed by atoms with E-state index in [-0.39, 0.29) is 6.03 Å². The minimum atomic E-state index is -0.383. The highest BCUT2D eigenvalue weighted by molar-refractivity contribution is 6.35. The second kappa shape index (κ2) is 9.54. The van der Waals surface area contributed by atoms with Gasteiger partial charge in [0.15, 0.2) is 5.82 Å². The summed E-state index contributed by atoms with van der Waals surface area (Å²) >= 11 is 11.9. The van der Waals surface area contributed by atoms with E-state index in [0.717, 1.165) is 36.1 Å². The molecule has 0 aliphatic carbocycles. The number of anilines is 3. The molecule has 6 nitrogen and oxygen atoms in total. The Morgan fingerprint density at radius 2 is 1.55 bits per heavy atom. The van der Waals surface area contributed by atoms with Gasteiger partial charge in [0, 0.05) is 40.1 Å². The lowest BCUT2D eigenvalue weighted by molar-refractivity contribution is 0.262. The maximum Gasteiger partial charge on any atom is 0.323 e. The number of nitrogens with one attached hydrogen (secondary N) is 2. The van der Waals surface area contributed by atoms with Crippen molar-refractivity contribution in [3.8, 4) is 11.3 Å². The minimum absolute atomic E-state index is 0.383. The fraction of sp³-hybridized carbons (Fsp3) is 0.261. The van der Waals surface area contributed by atoms with Crippen molar-refractivity contribution >= 4 is 46.4 Å². The molecule has 0 bridgehead atoms. The van der Waals surface area contributed by atoms with Gasteiger partial charge in [-0.15, -0.1) is 10.2 Å². The molecule has 1 aliphatic rings. The van der Waals surface area contributed by atoms with Crippen LogP contribution in [0.3, 0.4) is 0 Å². The largest absolute Gasteiger partial charge is 0.355 e. The molecule has 2 heterocycles. The third kappa shape index (κ3) is 5.66. The van der Waals surface area contributed by atoms with Gasteiger partial charge in [-0.3, -0.25) is 0 Å². The van der Waals surface area contributed by atoms with Gasteiger partial charge in [0.05, 0.1) is 5.69 Å². The third-order valence-corrected chi connectivity index (χ3v) is 5.75. The zero-order valence-corrected chi connectivity index (χ0v) is 18.6. The molecule has 31 heavy (non-hydrogen) atoms. The van der Waals surface area contributed by atoms with Gasteiger partial charge >= 0.3 is 6.03 Å². The Kier molecular flexibility index (Phi) is 6.59. The van der Waals surface area contributed by atoms with Gasteiger partial charge in [-0.2, -0.15) is 0 Å². The predicted octanol–water partition coefficient (Wildman–Crippen LogP) is 6.33. The van der Waals surface area contributed by atoms with Crippen molar-refractivity contribution in [2.45, 2.75) is 19.8 Å². The zero-order valence-electron chi connectivity index (χ0n) is 17.1. The monoisotopic (exact) mass is 455 g/mol. The van der Waals surface area contributed by atoms with E-state index >= 15 is 0 Å². The van der Waals surface area contributed by atoms with Crippen LogP contribution in [0.2, 0.25) is 10.0 Å². The normalized spacial score (nSPS) is 14.4. The Hall–Kier alpha value is -2.83. The number of hydrogen-bond donors (Lipinski definition) is 2. The number of amides is 2. The van der Waals surface area contributed by atoms with E-state index in [1.54, 1.807) is 18.2 Å². The van der Waals surface area contributed by atoms with Crippen molar-refractivity contribution in [3.63, 3.8) is 0 Å². The topological polar surface area (TPSA) is 70.2 Å². The lowest BCUT2D eigenvalue weighted by atomic mass is 9.99. The Morgan fingerprint density at radius 3 is 2.16 bits per heavy atom. The number of urea groups is 1. The summed E-state index contributed by atoms with van der Waals surface area (Å²) in [6.07, 6.45) is 2.38. The highest BCUT2D eigenvalue weighted by atomic mass is 35.5. The molecule has 0 saturated carbocycles. The van der Waals surface area contributed by atoms with Crippen LogP contribution in [0.1, 0.15) is 19.8 Å². The maximum atomic E-state index is 12.2. The Bertz CT molecular complexity index is 1030. The van der Waals surface area contributed by atoms with Crippen LogP contribution in [0.25, 0.3) is 11.3 Å². The molecule has 2 amide bonds. The first-order valence-electron chi connectivity index (χ1n) is 10.2. The van der Waals surface area contributed by atoms with Gasteiger partial charge in [0.25, 0.3) is 0 Å². The van der Waals surface area contributed by atoms with Crippen molar-refractivity contribution in [1.82, 2.24) is 10.2 Å². The van der Waals surface area contributed by atoms with E-state index in [0.29, 0.717) is 21.4 Å². The van der Waals surface area contributed by atoms with Crippen molar-refractivity contribution < 1.29 is 4.79 Å². The van der Waals surface area contributed by atoms with Crippen LogP contribution in [0.15, 0.2) is 54.6 Å². The molecule has 0 spiro atoms. The molecule has 0 unspecified atom stereocenters. The number of carbonyl (C=O) groups is 1. The lowest BCUT2D eigenvalue weighted by Crippen LogP contribution is -2.33. The van der Waals surface area contributed by atoms with Gasteiger partial charge in [0.1, 0.15) is 0 Å². The summed E-state index contributed by atoms with van der Waals surface area (Å²) in [7, 11) is 0. The number of carbonyl (C=O) groups excluding carboxylic acids is 1. The van der Waals surface area contributed by atoms with E-state index < -0.39 is 0 Å². The van der Waals surface area contributed by atoms with E-state index in [1.807, 2.05) is 36.4 Å². The maximum absolute atomic E-state index is 12.2. The van der Waals surface area contributed by atoms with Crippen molar-refractivity contribution in [2.24, 2.45) is 5.92 Å². The van der Waals surface area contributed by atoms with Crippen molar-refractivity contribution in [3.05, 3.63) is 64.6 Å². The van der Waals surface area contributed by atoms with Gasteiger partial charge in [-0.05, 0) is 61.2 Å². The summed E-state index contributed by atoms with van der Waals surface area (Å²) in [5.74, 6) is 1.70. The minimum Gasteiger partial charge on any atom is -0.355 e. The van der Waals surface area contributed by atoms with E-state index in [9.17, 15) is 4.79 Å². The summed E-state index contributed by atoms with van der Waals surface area (Å²) in [5.41, 5.74) is 2.89. The summed E-state index contributed by atoms with van der Waals surface area (Å²) in [4.78, 5) is 14.5. The van der Waals surface area contributed by atoms with Crippen LogP contribution in [-0.4, -0.2) is 29.3 Å². The van der Waals surface area contributed by atoms with E-state index in [4.69, 9.17) is 23.2 Å². The lowest BCUT2D eigenvalue weighted by Gasteiger charge is -2.30. The van der Waals surface area contributed by atoms with Crippen LogP contribution in [0, 0.1) is 5.92 Å². The van der Waals surface area contributed by atoms with Crippen LogP contribution in [-0.2, 0) is 0 Å². The second-order valence-electron chi connectivity index (χ2n) is 7.76. The summed E-state index contributed by atoms with van der Waals surface area (Å²) in [5, 5.41) is 15.2. The molecule has 2 aromatic carbocycles. The Morgan fingerprint density at radius 1 is 0.903 bits per heavy atom. The second-order valence-corrected chi connectivity index (χ2v) is 8.63. The molecule has 8 heteroatoms. The first-order chi connectivity index (χ1) is 15.0. The number of piperidine rings is 1. The molecule has 1 saturated heterocycles. The molecule has 160 valence electrons. The number of rotatable bonds is 4. The smallest absolute Gasteiger partial charge is 0.323 e. The molecule has 1 fully saturated rings. The molecule has 0 atom stereocenters. The number of nitrogens with zero attached hydrogens (tertiary/aromatic N) is 3. The molecule has 3 aromatic rings. The first-order valence-corrected chi connectivity index (χ1v) is 10.9. The van der Waals surface area contributed by atoms with Gasteiger partial charge in [-0.1, -0.05) is 42.3 Å². The van der Waals surface area contributed by atoms with Gasteiger partial charge in [-0.25, -0.2) is 4.79 Å². The summed E-state index contributed by atoms with van der Waals surface area (Å²) < 4.78 is 0. The summed E-state index contributed by atoms with van der Waals surface area (Å²) in [6.45, 7) is 4.35. The highest BCUT2D eigenvalue weighted by Gasteiger charge is 2.17. The standard InChI is InChI=1S/C23H23Cl2N5O/c1-15-8-10-30(11-9-15)22-7-6-21(28-29-22)16-2-4-19(5-3-16)26-23(31)27-20-13-17(24)12-18(25)14-20/h2-7,12-15H,8-11H2,1H3,(H2,26,27,31). The Balaban J connectivity index is 1.37. The third-order valence-electron chi connectivity index (χ3n) is 5.32. The molecular weight excluding hydrogens is 433 g/mol. The highest BCUT2D eigenvalue weighted by Crippen LogP contribution is 2.25. The van der Waals surface area contributed by atoms with Gasteiger partial charge in [0.2, 0.25) is 0 Å². The molecule has 2 N–H and O–H groups in total. The van der Waals surface area contributed by atoms with E-state index in [1.165, 1.54) is 12.8 Å². The Labute approximate surface area is 191 Å². The number of halogens is 2. The average molecular weight is 456 g/mol. The molecule has 1 aromatic heterocycles. The van der Waals surface area contributed by atoms with Crippen LogP contribution in [0.5, 0.6) is 0 Å². The zero-order chi connectivity index (χ0) is 21.8. The molecular formula is C23H23Cl2N5O. The summed E-state index contributed by atoms with van der Waals surface area (Å²) in [6, 6.07) is 15.9. The molecule has 1 aliphatic heterocycles. The van der Waals surface area contributed by atoms with Crippen molar-refractivity contribution in [1.29, 1.82) is 0 Å². The number of aromatic nitrogens is 2. The molecule has 0 radical (unpaired) electrons. The molecule has 4 rings (SSSR count). The fourth-order valence-corrected chi connectivity index (χ4v) is 4.06. The average Bonchev–Trinajstić information content (AvgIpc) is 2.74. The van der Waals surface area contributed by atoms with Crippen molar-refractivity contribution in [2.75, 3.05) is 28.6 Å². The first kappa shape index (κ1) is 21.4. The van der Waals surface area contributed by atoms with E-state index in [2.05, 4.69) is 32.7 Å². The quantitative estimate of drug-likeness (QED) is 0.481. The number of benzene rings is 2. The van der Waals surface area contributed by atoms with Crippen LogP contribution < -0.4 is 15.5 Å². The SMILES string of the molecule is CC1CCN(c2ccc(-c3ccc(NC(=O)Nc4cc(Cl)cc(Cl)c4)cc3)nn2)CC1. The fourth-order valence-electron chi connectivity index (χ4n) is 3.53. The van der Waals surface area contributed by atoms with Crippen LogP contribution >= 0.6 is 23.2 Å². The van der Waals surface area contributed by atoms with Crippen LogP contribution in [0.4, 0.5) is 22.0 Å². The predicted molar refractivity (Wildman–Crippen MR) is 127 cm³/mol.